The van der Waals surface area contributed by atoms with Crippen molar-refractivity contribution in [3.05, 3.63) is 22.4 Å². The minimum absolute atomic E-state index is 0.0502. The van der Waals surface area contributed by atoms with Gasteiger partial charge in [0.2, 0.25) is 0 Å². The first-order chi connectivity index (χ1) is 8.69. The number of halogens is 3. The molecule has 1 aromatic heterocycles. The van der Waals surface area contributed by atoms with E-state index in [2.05, 4.69) is 20.9 Å². The third-order valence-electron chi connectivity index (χ3n) is 2.47. The SMILES string of the molecule is C[C@H](COc1cnc(Br)cc1C(F)F)CC(C)(C)O. The van der Waals surface area contributed by atoms with Crippen molar-refractivity contribution < 1.29 is 18.6 Å². The molecule has 0 saturated heterocycles. The molecule has 1 aromatic rings. The number of pyridine rings is 1. The zero-order chi connectivity index (χ0) is 14.6. The molecular formula is C13H18BrF2NO2. The summed E-state index contributed by atoms with van der Waals surface area (Å²) in [6.07, 6.45) is -0.803. The first-order valence-electron chi connectivity index (χ1n) is 5.98. The smallest absolute Gasteiger partial charge is 0.267 e. The van der Waals surface area contributed by atoms with Gasteiger partial charge < -0.3 is 9.84 Å². The quantitative estimate of drug-likeness (QED) is 0.799. The Bertz CT molecular complexity index is 422. The highest BCUT2D eigenvalue weighted by Crippen LogP contribution is 2.30. The van der Waals surface area contributed by atoms with E-state index in [4.69, 9.17) is 4.74 Å². The van der Waals surface area contributed by atoms with Crippen molar-refractivity contribution in [1.29, 1.82) is 0 Å². The van der Waals surface area contributed by atoms with Gasteiger partial charge >= 0.3 is 0 Å². The summed E-state index contributed by atoms with van der Waals surface area (Å²) < 4.78 is 31.4. The highest BCUT2D eigenvalue weighted by Gasteiger charge is 2.20. The Balaban J connectivity index is 2.67. The third-order valence-corrected chi connectivity index (χ3v) is 2.90. The number of nitrogens with zero attached hydrogens (tertiary/aromatic N) is 1. The summed E-state index contributed by atoms with van der Waals surface area (Å²) >= 11 is 3.05. The van der Waals surface area contributed by atoms with Gasteiger partial charge in [-0.05, 0) is 48.2 Å². The molecule has 0 bridgehead atoms. The molecule has 1 atom stereocenters. The fourth-order valence-electron chi connectivity index (χ4n) is 1.87. The van der Waals surface area contributed by atoms with Crippen LogP contribution in [-0.2, 0) is 0 Å². The Morgan fingerprint density at radius 3 is 2.63 bits per heavy atom. The molecule has 0 unspecified atom stereocenters. The van der Waals surface area contributed by atoms with Gasteiger partial charge in [0.1, 0.15) is 10.4 Å². The van der Waals surface area contributed by atoms with Gasteiger partial charge in [0.25, 0.3) is 6.43 Å². The molecule has 0 aliphatic carbocycles. The van der Waals surface area contributed by atoms with Crippen LogP contribution < -0.4 is 4.74 Å². The van der Waals surface area contributed by atoms with E-state index in [-0.39, 0.29) is 23.8 Å². The highest BCUT2D eigenvalue weighted by molar-refractivity contribution is 9.10. The van der Waals surface area contributed by atoms with Gasteiger partial charge in [-0.15, -0.1) is 0 Å². The van der Waals surface area contributed by atoms with Gasteiger partial charge in [-0.3, -0.25) is 0 Å². The number of alkyl halides is 2. The van der Waals surface area contributed by atoms with Gasteiger partial charge in [0, 0.05) is 0 Å². The molecule has 19 heavy (non-hydrogen) atoms. The molecule has 3 nitrogen and oxygen atoms in total. The number of ether oxygens (including phenoxy) is 1. The van der Waals surface area contributed by atoms with Crippen LogP contribution in [0, 0.1) is 5.92 Å². The summed E-state index contributed by atoms with van der Waals surface area (Å²) in [6, 6.07) is 1.25. The van der Waals surface area contributed by atoms with Gasteiger partial charge in [-0.1, -0.05) is 6.92 Å². The van der Waals surface area contributed by atoms with Crippen LogP contribution in [0.25, 0.3) is 0 Å². The maximum atomic E-state index is 12.8. The minimum atomic E-state index is -2.61. The lowest BCUT2D eigenvalue weighted by Gasteiger charge is -2.22. The lowest BCUT2D eigenvalue weighted by atomic mass is 9.96. The number of hydrogen-bond acceptors (Lipinski definition) is 3. The van der Waals surface area contributed by atoms with Crippen molar-refractivity contribution in [1.82, 2.24) is 4.98 Å². The Morgan fingerprint density at radius 2 is 2.11 bits per heavy atom. The highest BCUT2D eigenvalue weighted by atomic mass is 79.9. The molecule has 1 rings (SSSR count). The van der Waals surface area contributed by atoms with Crippen LogP contribution in [-0.4, -0.2) is 22.3 Å². The second kappa shape index (κ2) is 6.61. The van der Waals surface area contributed by atoms with Crippen LogP contribution in [0.5, 0.6) is 5.75 Å². The molecule has 0 aliphatic rings. The largest absolute Gasteiger partial charge is 0.491 e. The second-order valence-corrected chi connectivity index (χ2v) is 6.09. The Hall–Kier alpha value is -0.750. The molecule has 0 amide bonds. The number of aliphatic hydroxyl groups is 1. The predicted octanol–water partition coefficient (Wildman–Crippen LogP) is 3.96. The van der Waals surface area contributed by atoms with Crippen molar-refractivity contribution in [2.24, 2.45) is 5.92 Å². The van der Waals surface area contributed by atoms with Crippen molar-refractivity contribution in [2.45, 2.75) is 39.2 Å². The molecule has 1 N–H and O–H groups in total. The third kappa shape index (κ3) is 5.82. The van der Waals surface area contributed by atoms with Gasteiger partial charge in [-0.25, -0.2) is 13.8 Å². The summed E-state index contributed by atoms with van der Waals surface area (Å²) in [5.41, 5.74) is -0.982. The number of rotatable bonds is 6. The molecule has 6 heteroatoms. The molecular weight excluding hydrogens is 320 g/mol. The van der Waals surface area contributed by atoms with Crippen molar-refractivity contribution >= 4 is 15.9 Å². The van der Waals surface area contributed by atoms with Crippen LogP contribution >= 0.6 is 15.9 Å². The van der Waals surface area contributed by atoms with E-state index in [0.717, 1.165) is 0 Å². The Morgan fingerprint density at radius 1 is 1.47 bits per heavy atom. The summed E-state index contributed by atoms with van der Waals surface area (Å²) in [6.45, 7) is 5.56. The minimum Gasteiger partial charge on any atom is -0.491 e. The van der Waals surface area contributed by atoms with Crippen LogP contribution in [0.3, 0.4) is 0 Å². The molecule has 0 saturated carbocycles. The van der Waals surface area contributed by atoms with Gasteiger partial charge in [0.15, 0.2) is 0 Å². The van der Waals surface area contributed by atoms with Crippen LogP contribution in [0.2, 0.25) is 0 Å². The van der Waals surface area contributed by atoms with Gasteiger partial charge in [0.05, 0.1) is 24.0 Å². The van der Waals surface area contributed by atoms with Crippen molar-refractivity contribution in [3.63, 3.8) is 0 Å². The lowest BCUT2D eigenvalue weighted by molar-refractivity contribution is 0.0458. The summed E-state index contributed by atoms with van der Waals surface area (Å²) in [5, 5.41) is 9.67. The van der Waals surface area contributed by atoms with E-state index >= 15 is 0 Å². The zero-order valence-electron chi connectivity index (χ0n) is 11.2. The number of hydrogen-bond donors (Lipinski definition) is 1. The normalized spacial score (nSPS) is 13.7. The topological polar surface area (TPSA) is 42.4 Å². The monoisotopic (exact) mass is 337 g/mol. The first-order valence-corrected chi connectivity index (χ1v) is 6.77. The molecule has 108 valence electrons. The van der Waals surface area contributed by atoms with Crippen LogP contribution in [0.15, 0.2) is 16.9 Å². The van der Waals surface area contributed by atoms with E-state index in [9.17, 15) is 13.9 Å². The van der Waals surface area contributed by atoms with Crippen molar-refractivity contribution in [3.8, 4) is 5.75 Å². The predicted molar refractivity (Wildman–Crippen MR) is 72.5 cm³/mol. The average molecular weight is 338 g/mol. The molecule has 0 aliphatic heterocycles. The summed E-state index contributed by atoms with van der Waals surface area (Å²) in [7, 11) is 0. The summed E-state index contributed by atoms with van der Waals surface area (Å²) in [4.78, 5) is 3.88. The maximum absolute atomic E-state index is 12.8. The van der Waals surface area contributed by atoms with Crippen LogP contribution in [0.1, 0.15) is 39.2 Å². The standard InChI is InChI=1S/C13H18BrF2NO2/c1-8(5-13(2,3)18)7-19-10-6-17-11(14)4-9(10)12(15)16/h4,6,8,12,18H,5,7H2,1-3H3/t8-/m0/s1. The molecule has 1 heterocycles. The second-order valence-electron chi connectivity index (χ2n) is 5.28. The fourth-order valence-corrected chi connectivity index (χ4v) is 2.22. The Labute approximate surface area is 120 Å². The molecule has 0 aromatic carbocycles. The maximum Gasteiger partial charge on any atom is 0.267 e. The molecule has 0 spiro atoms. The lowest BCUT2D eigenvalue weighted by Crippen LogP contribution is -2.25. The zero-order valence-corrected chi connectivity index (χ0v) is 12.7. The molecule has 0 radical (unpaired) electrons. The van der Waals surface area contributed by atoms with E-state index in [1.165, 1.54) is 12.3 Å². The van der Waals surface area contributed by atoms with Crippen molar-refractivity contribution in [2.75, 3.05) is 6.61 Å². The van der Waals surface area contributed by atoms with Crippen LogP contribution in [0.4, 0.5) is 8.78 Å². The first kappa shape index (κ1) is 16.3. The molecule has 0 fully saturated rings. The average Bonchev–Trinajstić information content (AvgIpc) is 2.24. The van der Waals surface area contributed by atoms with E-state index in [0.29, 0.717) is 11.0 Å². The van der Waals surface area contributed by atoms with E-state index in [1.807, 2.05) is 6.92 Å². The van der Waals surface area contributed by atoms with E-state index in [1.54, 1.807) is 13.8 Å². The fraction of sp³-hybridized carbons (Fsp3) is 0.615. The number of aromatic nitrogens is 1. The summed E-state index contributed by atoms with van der Waals surface area (Å²) in [5.74, 6) is 0.134. The van der Waals surface area contributed by atoms with E-state index < -0.39 is 12.0 Å². The van der Waals surface area contributed by atoms with Gasteiger partial charge in [-0.2, -0.15) is 0 Å². The Kier molecular flexibility index (Phi) is 5.67.